The van der Waals surface area contributed by atoms with Crippen LogP contribution in [0.25, 0.3) is 0 Å². The third-order valence-corrected chi connectivity index (χ3v) is 2.83. The van der Waals surface area contributed by atoms with Gasteiger partial charge in [-0.25, -0.2) is 9.97 Å². The maximum atomic E-state index is 5.00. The smallest absolute Gasteiger partial charge is 0.115 e. The molecule has 0 aliphatic carbocycles. The van der Waals surface area contributed by atoms with Crippen LogP contribution in [0.1, 0.15) is 30.8 Å². The molecule has 96 valence electrons. The summed E-state index contributed by atoms with van der Waals surface area (Å²) >= 11 is 0. The maximum absolute atomic E-state index is 5.00. The fourth-order valence-electron chi connectivity index (χ4n) is 1.90. The minimum Gasteiger partial charge on any atom is -0.383 e. The molecule has 1 aromatic heterocycles. The van der Waals surface area contributed by atoms with E-state index in [0.29, 0.717) is 0 Å². The molecule has 17 heavy (non-hydrogen) atoms. The van der Waals surface area contributed by atoms with Gasteiger partial charge in [-0.15, -0.1) is 0 Å². The molecule has 0 saturated heterocycles. The van der Waals surface area contributed by atoms with Crippen LogP contribution in [0.2, 0.25) is 0 Å². The number of rotatable bonds is 8. The standard InChI is InChI=1S/C13H23N3O/c1-4-12-11(6-7-14-8-9-17-3)13(5-2)16-10-15-12/h10,14H,4-9H2,1-3H3. The second-order valence-electron chi connectivity index (χ2n) is 3.95. The molecule has 4 heteroatoms. The first kappa shape index (κ1) is 14.1. The quantitative estimate of drug-likeness (QED) is 0.694. The van der Waals surface area contributed by atoms with E-state index in [1.807, 2.05) is 0 Å². The first-order valence-electron chi connectivity index (χ1n) is 6.34. The molecule has 0 radical (unpaired) electrons. The van der Waals surface area contributed by atoms with Crippen molar-refractivity contribution >= 4 is 0 Å². The predicted octanol–water partition coefficient (Wildman–Crippen LogP) is 1.38. The summed E-state index contributed by atoms with van der Waals surface area (Å²) < 4.78 is 5.00. The average molecular weight is 237 g/mol. The summed E-state index contributed by atoms with van der Waals surface area (Å²) in [6.45, 7) is 6.89. The van der Waals surface area contributed by atoms with Crippen molar-refractivity contribution < 1.29 is 4.74 Å². The van der Waals surface area contributed by atoms with Crippen LogP contribution in [0.5, 0.6) is 0 Å². The number of nitrogens with one attached hydrogen (secondary N) is 1. The second kappa shape index (κ2) is 8.14. The Balaban J connectivity index is 2.55. The molecular formula is C13H23N3O. The Morgan fingerprint density at radius 3 is 2.29 bits per heavy atom. The molecule has 1 aromatic rings. The normalized spacial score (nSPS) is 10.8. The van der Waals surface area contributed by atoms with Crippen LogP contribution in [0, 0.1) is 0 Å². The summed E-state index contributed by atoms with van der Waals surface area (Å²) in [5.74, 6) is 0. The summed E-state index contributed by atoms with van der Waals surface area (Å²) in [7, 11) is 1.72. The lowest BCUT2D eigenvalue weighted by atomic mass is 10.0. The molecule has 0 atom stereocenters. The lowest BCUT2D eigenvalue weighted by molar-refractivity contribution is 0.199. The highest BCUT2D eigenvalue weighted by Gasteiger charge is 2.07. The molecule has 1 N–H and O–H groups in total. The third-order valence-electron chi connectivity index (χ3n) is 2.83. The summed E-state index contributed by atoms with van der Waals surface area (Å²) in [5.41, 5.74) is 3.69. The molecule has 0 saturated carbocycles. The largest absolute Gasteiger partial charge is 0.383 e. The fraction of sp³-hybridized carbons (Fsp3) is 0.692. The van der Waals surface area contributed by atoms with Gasteiger partial charge in [0.2, 0.25) is 0 Å². The molecule has 0 amide bonds. The van der Waals surface area contributed by atoms with E-state index in [2.05, 4.69) is 29.1 Å². The Morgan fingerprint density at radius 1 is 1.12 bits per heavy atom. The molecule has 4 nitrogen and oxygen atoms in total. The third kappa shape index (κ3) is 4.40. The van der Waals surface area contributed by atoms with Crippen LogP contribution in [-0.4, -0.2) is 36.8 Å². The topological polar surface area (TPSA) is 47.0 Å². The monoisotopic (exact) mass is 237 g/mol. The zero-order chi connectivity index (χ0) is 12.5. The van der Waals surface area contributed by atoms with Crippen molar-refractivity contribution in [2.75, 3.05) is 26.8 Å². The lowest BCUT2D eigenvalue weighted by Gasteiger charge is -2.11. The number of nitrogens with zero attached hydrogens (tertiary/aromatic N) is 2. The summed E-state index contributed by atoms with van der Waals surface area (Å²) in [5, 5.41) is 3.36. The number of methoxy groups -OCH3 is 1. The van der Waals surface area contributed by atoms with E-state index >= 15 is 0 Å². The van der Waals surface area contributed by atoms with Gasteiger partial charge in [-0.3, -0.25) is 0 Å². The minimum absolute atomic E-state index is 0.757. The zero-order valence-electron chi connectivity index (χ0n) is 11.1. The van der Waals surface area contributed by atoms with Crippen molar-refractivity contribution in [1.82, 2.24) is 15.3 Å². The molecule has 0 fully saturated rings. The second-order valence-corrected chi connectivity index (χ2v) is 3.95. The van der Waals surface area contributed by atoms with E-state index in [0.717, 1.165) is 39.0 Å². The molecule has 0 spiro atoms. The molecule has 0 bridgehead atoms. The number of aromatic nitrogens is 2. The van der Waals surface area contributed by atoms with Crippen molar-refractivity contribution in [1.29, 1.82) is 0 Å². The molecular weight excluding hydrogens is 214 g/mol. The van der Waals surface area contributed by atoms with Gasteiger partial charge in [-0.1, -0.05) is 13.8 Å². The highest BCUT2D eigenvalue weighted by atomic mass is 16.5. The Kier molecular flexibility index (Phi) is 6.74. The fourth-order valence-corrected chi connectivity index (χ4v) is 1.90. The summed E-state index contributed by atoms with van der Waals surface area (Å²) in [6.07, 6.45) is 4.63. The van der Waals surface area contributed by atoms with E-state index in [-0.39, 0.29) is 0 Å². The van der Waals surface area contributed by atoms with Crippen molar-refractivity contribution in [2.45, 2.75) is 33.1 Å². The molecule has 1 heterocycles. The van der Waals surface area contributed by atoms with Gasteiger partial charge in [0.25, 0.3) is 0 Å². The van der Waals surface area contributed by atoms with E-state index in [1.165, 1.54) is 17.0 Å². The molecule has 0 unspecified atom stereocenters. The van der Waals surface area contributed by atoms with Crippen LogP contribution in [0.4, 0.5) is 0 Å². The van der Waals surface area contributed by atoms with E-state index in [4.69, 9.17) is 4.74 Å². The minimum atomic E-state index is 0.757. The average Bonchev–Trinajstić information content (AvgIpc) is 2.38. The van der Waals surface area contributed by atoms with Gasteiger partial charge in [0, 0.05) is 25.0 Å². The van der Waals surface area contributed by atoms with Gasteiger partial charge >= 0.3 is 0 Å². The number of hydrogen-bond acceptors (Lipinski definition) is 4. The van der Waals surface area contributed by atoms with Crippen LogP contribution < -0.4 is 5.32 Å². The molecule has 0 aromatic carbocycles. The predicted molar refractivity (Wildman–Crippen MR) is 69.2 cm³/mol. The van der Waals surface area contributed by atoms with E-state index in [9.17, 15) is 0 Å². The van der Waals surface area contributed by atoms with Crippen LogP contribution >= 0.6 is 0 Å². The van der Waals surface area contributed by atoms with Gasteiger partial charge < -0.3 is 10.1 Å². The Morgan fingerprint density at radius 2 is 1.76 bits per heavy atom. The highest BCUT2D eigenvalue weighted by molar-refractivity contribution is 5.25. The van der Waals surface area contributed by atoms with Gasteiger partial charge in [0.15, 0.2) is 0 Å². The van der Waals surface area contributed by atoms with Gasteiger partial charge in [-0.05, 0) is 31.4 Å². The van der Waals surface area contributed by atoms with Crippen molar-refractivity contribution in [3.63, 3.8) is 0 Å². The summed E-state index contributed by atoms with van der Waals surface area (Å²) in [6, 6.07) is 0. The molecule has 1 rings (SSSR count). The van der Waals surface area contributed by atoms with E-state index in [1.54, 1.807) is 13.4 Å². The highest BCUT2D eigenvalue weighted by Crippen LogP contribution is 2.12. The zero-order valence-corrected chi connectivity index (χ0v) is 11.1. The van der Waals surface area contributed by atoms with Gasteiger partial charge in [-0.2, -0.15) is 0 Å². The Bertz CT molecular complexity index is 306. The van der Waals surface area contributed by atoms with Crippen molar-refractivity contribution in [3.8, 4) is 0 Å². The van der Waals surface area contributed by atoms with Crippen LogP contribution in [0.15, 0.2) is 6.33 Å². The van der Waals surface area contributed by atoms with E-state index < -0.39 is 0 Å². The number of ether oxygens (including phenoxy) is 1. The van der Waals surface area contributed by atoms with Gasteiger partial charge in [0.05, 0.1) is 6.61 Å². The maximum Gasteiger partial charge on any atom is 0.115 e. The summed E-state index contributed by atoms with van der Waals surface area (Å²) in [4.78, 5) is 8.71. The lowest BCUT2D eigenvalue weighted by Crippen LogP contribution is -2.22. The van der Waals surface area contributed by atoms with Crippen molar-refractivity contribution in [2.24, 2.45) is 0 Å². The Hall–Kier alpha value is -1.00. The van der Waals surface area contributed by atoms with Gasteiger partial charge in [0.1, 0.15) is 6.33 Å². The number of hydrogen-bond donors (Lipinski definition) is 1. The first-order chi connectivity index (χ1) is 8.33. The Labute approximate surface area is 104 Å². The molecule has 0 aliphatic rings. The number of aryl methyl sites for hydroxylation is 2. The van der Waals surface area contributed by atoms with Crippen LogP contribution in [-0.2, 0) is 24.0 Å². The van der Waals surface area contributed by atoms with Crippen molar-refractivity contribution in [3.05, 3.63) is 23.3 Å². The molecule has 0 aliphatic heterocycles. The SMILES string of the molecule is CCc1ncnc(CC)c1CCNCCOC. The van der Waals surface area contributed by atoms with Crippen LogP contribution in [0.3, 0.4) is 0 Å². The first-order valence-corrected chi connectivity index (χ1v) is 6.34.